The number of aliphatic hydroxyl groups is 1. The van der Waals surface area contributed by atoms with E-state index in [9.17, 15) is 5.11 Å². The molecule has 2 nitrogen and oxygen atoms in total. The van der Waals surface area contributed by atoms with Gasteiger partial charge in [0.25, 0.3) is 0 Å². The van der Waals surface area contributed by atoms with Gasteiger partial charge in [-0.2, -0.15) is 0 Å². The van der Waals surface area contributed by atoms with Crippen molar-refractivity contribution in [2.45, 2.75) is 59.6 Å². The molecule has 0 bridgehead atoms. The van der Waals surface area contributed by atoms with Crippen LogP contribution in [0.1, 0.15) is 47.5 Å². The van der Waals surface area contributed by atoms with E-state index in [4.69, 9.17) is 0 Å². The summed E-state index contributed by atoms with van der Waals surface area (Å²) in [6, 6.07) is 0.536. The zero-order valence-electron chi connectivity index (χ0n) is 10.4. The summed E-state index contributed by atoms with van der Waals surface area (Å²) in [5.41, 5.74) is 0. The number of hydrogen-bond acceptors (Lipinski definition) is 2. The molecule has 0 heterocycles. The monoisotopic (exact) mass is 201 g/mol. The van der Waals surface area contributed by atoms with E-state index in [1.54, 1.807) is 0 Å². The molecule has 0 aromatic carbocycles. The van der Waals surface area contributed by atoms with Crippen LogP contribution in [0.4, 0.5) is 0 Å². The van der Waals surface area contributed by atoms with Crippen LogP contribution in [0.25, 0.3) is 0 Å². The van der Waals surface area contributed by atoms with Crippen molar-refractivity contribution in [3.8, 4) is 0 Å². The van der Waals surface area contributed by atoms with Crippen molar-refractivity contribution in [3.63, 3.8) is 0 Å². The normalized spacial score (nSPS) is 18.2. The Morgan fingerprint density at radius 3 is 2.00 bits per heavy atom. The molecule has 0 radical (unpaired) electrons. The third-order valence-electron chi connectivity index (χ3n) is 3.13. The lowest BCUT2D eigenvalue weighted by atomic mass is 9.99. The van der Waals surface area contributed by atoms with Gasteiger partial charge in [-0.05, 0) is 18.3 Å². The lowest BCUT2D eigenvalue weighted by Crippen LogP contribution is -2.40. The van der Waals surface area contributed by atoms with Gasteiger partial charge in [0.1, 0.15) is 0 Å². The summed E-state index contributed by atoms with van der Waals surface area (Å²) in [5, 5.41) is 13.2. The van der Waals surface area contributed by atoms with Crippen molar-refractivity contribution < 1.29 is 5.11 Å². The van der Waals surface area contributed by atoms with E-state index in [1.165, 1.54) is 0 Å². The van der Waals surface area contributed by atoms with E-state index >= 15 is 0 Å². The lowest BCUT2D eigenvalue weighted by Gasteiger charge is -2.24. The van der Waals surface area contributed by atoms with Crippen molar-refractivity contribution in [3.05, 3.63) is 0 Å². The third-order valence-corrected chi connectivity index (χ3v) is 3.13. The van der Waals surface area contributed by atoms with Crippen LogP contribution in [-0.2, 0) is 0 Å². The van der Waals surface area contributed by atoms with Gasteiger partial charge in [-0.3, -0.25) is 0 Å². The van der Waals surface area contributed by atoms with E-state index in [2.05, 4.69) is 39.9 Å². The van der Waals surface area contributed by atoms with Crippen molar-refractivity contribution in [2.24, 2.45) is 11.8 Å². The Morgan fingerprint density at radius 2 is 1.64 bits per heavy atom. The Morgan fingerprint density at radius 1 is 1.07 bits per heavy atom. The molecule has 0 spiro atoms. The van der Waals surface area contributed by atoms with Crippen LogP contribution in [0.2, 0.25) is 0 Å². The highest BCUT2D eigenvalue weighted by atomic mass is 16.3. The van der Waals surface area contributed by atoms with Crippen LogP contribution >= 0.6 is 0 Å². The fourth-order valence-corrected chi connectivity index (χ4v) is 1.60. The third kappa shape index (κ3) is 4.97. The molecule has 0 fully saturated rings. The summed E-state index contributed by atoms with van der Waals surface area (Å²) in [4.78, 5) is 0. The van der Waals surface area contributed by atoms with E-state index in [1.807, 2.05) is 0 Å². The predicted molar refractivity (Wildman–Crippen MR) is 62.4 cm³/mol. The first-order chi connectivity index (χ1) is 6.52. The van der Waals surface area contributed by atoms with Crippen molar-refractivity contribution in [1.29, 1.82) is 0 Å². The molecule has 2 N–H and O–H groups in total. The molecule has 3 atom stereocenters. The van der Waals surface area contributed by atoms with E-state index in [0.29, 0.717) is 17.9 Å². The average Bonchev–Trinajstić information content (AvgIpc) is 2.16. The molecule has 0 aliphatic heterocycles. The quantitative estimate of drug-likeness (QED) is 0.663. The minimum atomic E-state index is -0.201. The Hall–Kier alpha value is -0.0800. The highest BCUT2D eigenvalue weighted by Gasteiger charge is 2.15. The highest BCUT2D eigenvalue weighted by molar-refractivity contribution is 4.73. The van der Waals surface area contributed by atoms with E-state index < -0.39 is 0 Å². The maximum absolute atomic E-state index is 9.78. The zero-order valence-corrected chi connectivity index (χ0v) is 10.4. The summed E-state index contributed by atoms with van der Waals surface area (Å²) >= 11 is 0. The van der Waals surface area contributed by atoms with Crippen LogP contribution in [0, 0.1) is 11.8 Å². The number of rotatable bonds is 7. The topological polar surface area (TPSA) is 32.3 Å². The predicted octanol–water partition coefficient (Wildman–Crippen LogP) is 2.42. The number of aliphatic hydroxyl groups excluding tert-OH is 1. The van der Waals surface area contributed by atoms with Gasteiger partial charge < -0.3 is 10.4 Å². The molecule has 0 aliphatic carbocycles. The summed E-state index contributed by atoms with van der Waals surface area (Å²) in [6.45, 7) is 11.6. The molecule has 2 heteroatoms. The second-order valence-corrected chi connectivity index (χ2v) is 4.62. The Labute approximate surface area is 89.1 Å². The molecule has 0 saturated heterocycles. The molecule has 0 aromatic heterocycles. The summed E-state index contributed by atoms with van der Waals surface area (Å²) in [7, 11) is 0. The van der Waals surface area contributed by atoms with Crippen LogP contribution in [0.15, 0.2) is 0 Å². The average molecular weight is 201 g/mol. The number of nitrogens with one attached hydrogen (secondary N) is 1. The van der Waals surface area contributed by atoms with Crippen LogP contribution in [0.3, 0.4) is 0 Å². The molecule has 0 aromatic rings. The van der Waals surface area contributed by atoms with Gasteiger partial charge in [-0.1, -0.05) is 41.0 Å². The first kappa shape index (κ1) is 13.9. The molecule has 14 heavy (non-hydrogen) atoms. The van der Waals surface area contributed by atoms with Crippen molar-refractivity contribution in [1.82, 2.24) is 5.32 Å². The molecule has 0 aliphatic rings. The molecule has 0 amide bonds. The molecule has 3 unspecified atom stereocenters. The summed E-state index contributed by atoms with van der Waals surface area (Å²) in [5.74, 6) is 1.04. The maximum Gasteiger partial charge on any atom is 0.0690 e. The molecular formula is C12H27NO. The van der Waals surface area contributed by atoms with Crippen molar-refractivity contribution in [2.75, 3.05) is 6.54 Å². The minimum Gasteiger partial charge on any atom is -0.392 e. The largest absolute Gasteiger partial charge is 0.392 e. The van der Waals surface area contributed by atoms with Gasteiger partial charge in [-0.25, -0.2) is 0 Å². The number of hydrogen-bond donors (Lipinski definition) is 2. The van der Waals surface area contributed by atoms with Gasteiger partial charge >= 0.3 is 0 Å². The molecule has 0 rings (SSSR count). The Bertz CT molecular complexity index is 136. The minimum absolute atomic E-state index is 0.201. The standard InChI is InChI=1S/C12H27NO/c1-6-10(5)12(14)8-13-11(7-2)9(3)4/h9-14H,6-8H2,1-5H3. The smallest absolute Gasteiger partial charge is 0.0690 e. The SMILES string of the molecule is CCC(C)C(O)CNC(CC)C(C)C. The second-order valence-electron chi connectivity index (χ2n) is 4.62. The second kappa shape index (κ2) is 7.24. The molecule has 0 saturated carbocycles. The lowest BCUT2D eigenvalue weighted by molar-refractivity contribution is 0.107. The first-order valence-corrected chi connectivity index (χ1v) is 5.94. The first-order valence-electron chi connectivity index (χ1n) is 5.94. The fourth-order valence-electron chi connectivity index (χ4n) is 1.60. The maximum atomic E-state index is 9.78. The Kier molecular flexibility index (Phi) is 7.20. The molecular weight excluding hydrogens is 174 g/mol. The van der Waals surface area contributed by atoms with Gasteiger partial charge in [0.05, 0.1) is 6.10 Å². The van der Waals surface area contributed by atoms with Crippen LogP contribution in [0.5, 0.6) is 0 Å². The Balaban J connectivity index is 3.79. The van der Waals surface area contributed by atoms with E-state index in [-0.39, 0.29) is 6.10 Å². The van der Waals surface area contributed by atoms with Crippen LogP contribution < -0.4 is 5.32 Å². The zero-order chi connectivity index (χ0) is 11.1. The van der Waals surface area contributed by atoms with Gasteiger partial charge in [-0.15, -0.1) is 0 Å². The van der Waals surface area contributed by atoms with E-state index in [0.717, 1.165) is 19.4 Å². The van der Waals surface area contributed by atoms with Gasteiger partial charge in [0.2, 0.25) is 0 Å². The van der Waals surface area contributed by atoms with Crippen molar-refractivity contribution >= 4 is 0 Å². The molecule has 86 valence electrons. The summed E-state index contributed by atoms with van der Waals surface area (Å²) in [6.07, 6.45) is 1.97. The van der Waals surface area contributed by atoms with Gasteiger partial charge in [0, 0.05) is 12.6 Å². The van der Waals surface area contributed by atoms with Gasteiger partial charge in [0.15, 0.2) is 0 Å². The van der Waals surface area contributed by atoms with Crippen LogP contribution in [-0.4, -0.2) is 23.8 Å². The highest BCUT2D eigenvalue weighted by Crippen LogP contribution is 2.09. The summed E-state index contributed by atoms with van der Waals surface area (Å²) < 4.78 is 0. The fraction of sp³-hybridized carbons (Fsp3) is 1.00.